The van der Waals surface area contributed by atoms with E-state index in [1.165, 1.54) is 5.56 Å². The number of hydrogen-bond acceptors (Lipinski definition) is 2. The molecule has 1 unspecified atom stereocenters. The lowest BCUT2D eigenvalue weighted by Gasteiger charge is -2.15. The van der Waals surface area contributed by atoms with Gasteiger partial charge in [-0.1, -0.05) is 46.3 Å². The quantitative estimate of drug-likeness (QED) is 0.700. The average Bonchev–Trinajstić information content (AvgIpc) is 2.72. The van der Waals surface area contributed by atoms with Gasteiger partial charge in [-0.15, -0.1) is 11.6 Å². The van der Waals surface area contributed by atoms with E-state index in [0.717, 1.165) is 34.4 Å². The van der Waals surface area contributed by atoms with Crippen molar-refractivity contribution in [3.8, 4) is 11.5 Å². The first kappa shape index (κ1) is 14.7. The molecule has 3 rings (SSSR count). The van der Waals surface area contributed by atoms with Crippen molar-refractivity contribution in [1.82, 2.24) is 0 Å². The molecule has 21 heavy (non-hydrogen) atoms. The molecule has 1 aliphatic rings. The standard InChI is InChI=1S/C17H16BrClO2/c18-14-11-17-16(20-7-4-8-21-17)10-13(14)15(19)9-12-5-2-1-3-6-12/h1-3,5-6,10-11,15H,4,7-9H2. The summed E-state index contributed by atoms with van der Waals surface area (Å²) in [5, 5.41) is -0.112. The average molecular weight is 368 g/mol. The number of fused-ring (bicyclic) bond motifs is 1. The first-order chi connectivity index (χ1) is 10.2. The van der Waals surface area contributed by atoms with Gasteiger partial charge in [0.1, 0.15) is 0 Å². The van der Waals surface area contributed by atoms with Gasteiger partial charge in [0.05, 0.1) is 18.6 Å². The minimum atomic E-state index is -0.112. The Morgan fingerprint density at radius 2 is 1.71 bits per heavy atom. The molecule has 0 saturated carbocycles. The van der Waals surface area contributed by atoms with Gasteiger partial charge in [0, 0.05) is 10.9 Å². The van der Waals surface area contributed by atoms with Crippen LogP contribution in [0.5, 0.6) is 11.5 Å². The zero-order chi connectivity index (χ0) is 14.7. The number of hydrogen-bond donors (Lipinski definition) is 0. The molecule has 0 aromatic heterocycles. The molecule has 1 aliphatic heterocycles. The third-order valence-corrected chi connectivity index (χ3v) is 4.54. The summed E-state index contributed by atoms with van der Waals surface area (Å²) in [7, 11) is 0. The van der Waals surface area contributed by atoms with Crippen LogP contribution in [0.3, 0.4) is 0 Å². The molecule has 4 heteroatoms. The summed E-state index contributed by atoms with van der Waals surface area (Å²) in [6, 6.07) is 14.2. The van der Waals surface area contributed by atoms with E-state index >= 15 is 0 Å². The molecule has 2 nitrogen and oxygen atoms in total. The Morgan fingerprint density at radius 1 is 1.05 bits per heavy atom. The summed E-state index contributed by atoms with van der Waals surface area (Å²) in [6.45, 7) is 1.37. The minimum absolute atomic E-state index is 0.112. The van der Waals surface area contributed by atoms with E-state index in [1.54, 1.807) is 0 Å². The van der Waals surface area contributed by atoms with Gasteiger partial charge in [-0.2, -0.15) is 0 Å². The second-order valence-electron chi connectivity index (χ2n) is 5.03. The van der Waals surface area contributed by atoms with Crippen molar-refractivity contribution in [3.63, 3.8) is 0 Å². The fraction of sp³-hybridized carbons (Fsp3) is 0.294. The van der Waals surface area contributed by atoms with Gasteiger partial charge in [0.15, 0.2) is 11.5 Å². The van der Waals surface area contributed by atoms with Gasteiger partial charge in [-0.05, 0) is 29.7 Å². The fourth-order valence-corrected chi connectivity index (χ4v) is 3.46. The van der Waals surface area contributed by atoms with Gasteiger partial charge in [0.25, 0.3) is 0 Å². The van der Waals surface area contributed by atoms with E-state index < -0.39 is 0 Å². The highest BCUT2D eigenvalue weighted by Crippen LogP contribution is 2.40. The molecular weight excluding hydrogens is 352 g/mol. The van der Waals surface area contributed by atoms with Crippen LogP contribution in [0.15, 0.2) is 46.9 Å². The molecule has 0 radical (unpaired) electrons. The van der Waals surface area contributed by atoms with E-state index in [2.05, 4.69) is 28.1 Å². The predicted molar refractivity (Wildman–Crippen MR) is 88.5 cm³/mol. The van der Waals surface area contributed by atoms with Crippen LogP contribution in [0, 0.1) is 0 Å². The second-order valence-corrected chi connectivity index (χ2v) is 6.41. The lowest BCUT2D eigenvalue weighted by Crippen LogP contribution is -1.99. The van der Waals surface area contributed by atoms with E-state index in [0.29, 0.717) is 13.2 Å². The summed E-state index contributed by atoms with van der Waals surface area (Å²) in [5.74, 6) is 1.57. The highest BCUT2D eigenvalue weighted by atomic mass is 79.9. The van der Waals surface area contributed by atoms with E-state index in [9.17, 15) is 0 Å². The van der Waals surface area contributed by atoms with Crippen LogP contribution in [0.1, 0.15) is 22.9 Å². The smallest absolute Gasteiger partial charge is 0.162 e. The van der Waals surface area contributed by atoms with Gasteiger partial charge >= 0.3 is 0 Å². The van der Waals surface area contributed by atoms with Gasteiger partial charge < -0.3 is 9.47 Å². The van der Waals surface area contributed by atoms with Crippen molar-refractivity contribution in [2.75, 3.05) is 13.2 Å². The Bertz CT molecular complexity index is 616. The molecule has 2 aromatic rings. The number of alkyl halides is 1. The Labute approximate surface area is 138 Å². The van der Waals surface area contributed by atoms with Crippen LogP contribution in [-0.2, 0) is 6.42 Å². The number of rotatable bonds is 3. The lowest BCUT2D eigenvalue weighted by atomic mass is 10.0. The molecule has 1 atom stereocenters. The van der Waals surface area contributed by atoms with Crippen LogP contribution in [0.25, 0.3) is 0 Å². The Kier molecular flexibility index (Phi) is 4.71. The van der Waals surface area contributed by atoms with Crippen LogP contribution < -0.4 is 9.47 Å². The maximum absolute atomic E-state index is 6.60. The molecule has 0 N–H and O–H groups in total. The van der Waals surface area contributed by atoms with Crippen LogP contribution in [0.4, 0.5) is 0 Å². The largest absolute Gasteiger partial charge is 0.490 e. The third-order valence-electron chi connectivity index (χ3n) is 3.46. The molecule has 1 heterocycles. The van der Waals surface area contributed by atoms with Crippen LogP contribution >= 0.6 is 27.5 Å². The summed E-state index contributed by atoms with van der Waals surface area (Å²) in [4.78, 5) is 0. The van der Waals surface area contributed by atoms with Crippen LogP contribution in [0.2, 0.25) is 0 Å². The molecule has 0 spiro atoms. The molecule has 0 bridgehead atoms. The SMILES string of the molecule is ClC(Cc1ccccc1)c1cc2c(cc1Br)OCCCO2. The number of ether oxygens (including phenoxy) is 2. The molecule has 0 fully saturated rings. The van der Waals surface area contributed by atoms with Crippen molar-refractivity contribution in [1.29, 1.82) is 0 Å². The molecule has 110 valence electrons. The van der Waals surface area contributed by atoms with Crippen LogP contribution in [-0.4, -0.2) is 13.2 Å². The van der Waals surface area contributed by atoms with Gasteiger partial charge in [-0.3, -0.25) is 0 Å². The Hall–Kier alpha value is -1.19. The fourth-order valence-electron chi connectivity index (χ4n) is 2.37. The monoisotopic (exact) mass is 366 g/mol. The summed E-state index contributed by atoms with van der Waals surface area (Å²) in [5.41, 5.74) is 2.25. The Morgan fingerprint density at radius 3 is 2.43 bits per heavy atom. The zero-order valence-electron chi connectivity index (χ0n) is 11.5. The maximum atomic E-state index is 6.60. The number of halogens is 2. The van der Waals surface area contributed by atoms with Crippen molar-refractivity contribution in [2.45, 2.75) is 18.2 Å². The second kappa shape index (κ2) is 6.71. The van der Waals surface area contributed by atoms with Gasteiger partial charge in [0.2, 0.25) is 0 Å². The van der Waals surface area contributed by atoms with Crippen molar-refractivity contribution in [2.24, 2.45) is 0 Å². The summed E-state index contributed by atoms with van der Waals surface area (Å²) >= 11 is 10.2. The molecule has 0 aliphatic carbocycles. The Balaban J connectivity index is 1.86. The highest BCUT2D eigenvalue weighted by molar-refractivity contribution is 9.10. The van der Waals surface area contributed by atoms with Gasteiger partial charge in [-0.25, -0.2) is 0 Å². The van der Waals surface area contributed by atoms with E-state index in [-0.39, 0.29) is 5.38 Å². The molecule has 0 saturated heterocycles. The topological polar surface area (TPSA) is 18.5 Å². The zero-order valence-corrected chi connectivity index (χ0v) is 13.9. The summed E-state index contributed by atoms with van der Waals surface area (Å²) in [6.07, 6.45) is 1.68. The third kappa shape index (κ3) is 3.53. The predicted octanol–water partition coefficient (Wildman–Crippen LogP) is 5.13. The normalized spacial score (nSPS) is 15.3. The number of benzene rings is 2. The van der Waals surface area contributed by atoms with Crippen molar-refractivity contribution < 1.29 is 9.47 Å². The lowest BCUT2D eigenvalue weighted by molar-refractivity contribution is 0.297. The minimum Gasteiger partial charge on any atom is -0.490 e. The summed E-state index contributed by atoms with van der Waals surface area (Å²) < 4.78 is 12.4. The maximum Gasteiger partial charge on any atom is 0.162 e. The molecule has 2 aromatic carbocycles. The highest BCUT2D eigenvalue weighted by Gasteiger charge is 2.18. The first-order valence-electron chi connectivity index (χ1n) is 7.01. The molecular formula is C17H16BrClO2. The van der Waals surface area contributed by atoms with Crippen molar-refractivity contribution in [3.05, 3.63) is 58.1 Å². The molecule has 0 amide bonds. The first-order valence-corrected chi connectivity index (χ1v) is 8.24. The van der Waals surface area contributed by atoms with E-state index in [1.807, 2.05) is 30.3 Å². The van der Waals surface area contributed by atoms with Crippen molar-refractivity contribution >= 4 is 27.5 Å². The van der Waals surface area contributed by atoms with E-state index in [4.69, 9.17) is 21.1 Å².